The van der Waals surface area contributed by atoms with Gasteiger partial charge in [0.25, 0.3) is 0 Å². The monoisotopic (exact) mass is 274 g/mol. The number of likely N-dealkylation sites (tertiary alicyclic amines) is 1. The molecule has 0 radical (unpaired) electrons. The van der Waals surface area contributed by atoms with Crippen molar-refractivity contribution in [2.75, 3.05) is 37.6 Å². The Morgan fingerprint density at radius 2 is 1.95 bits per heavy atom. The molecule has 0 saturated carbocycles. The minimum absolute atomic E-state index is 0.275. The first-order valence-electron chi connectivity index (χ1n) is 7.52. The van der Waals surface area contributed by atoms with Gasteiger partial charge in [0.15, 0.2) is 0 Å². The van der Waals surface area contributed by atoms with Crippen LogP contribution < -0.4 is 4.90 Å². The summed E-state index contributed by atoms with van der Waals surface area (Å²) in [5.41, 5.74) is 2.40. The molecule has 1 unspecified atom stereocenters. The van der Waals surface area contributed by atoms with Crippen LogP contribution in [0.2, 0.25) is 0 Å². The summed E-state index contributed by atoms with van der Waals surface area (Å²) in [6.07, 6.45) is 3.26. The summed E-state index contributed by atoms with van der Waals surface area (Å²) in [6, 6.07) is 8.23. The van der Waals surface area contributed by atoms with Gasteiger partial charge < -0.3 is 14.9 Å². The second kappa shape index (κ2) is 5.83. The number of carbonyl (C=O) groups is 1. The Labute approximate surface area is 120 Å². The number of rotatable bonds is 4. The molecule has 4 nitrogen and oxygen atoms in total. The molecule has 1 atom stereocenters. The van der Waals surface area contributed by atoms with Gasteiger partial charge in [-0.2, -0.15) is 0 Å². The summed E-state index contributed by atoms with van der Waals surface area (Å²) in [6.45, 7) is 5.00. The number of carboxylic acids is 1. The summed E-state index contributed by atoms with van der Waals surface area (Å²) >= 11 is 0. The van der Waals surface area contributed by atoms with Crippen LogP contribution in [0.25, 0.3) is 0 Å². The molecule has 0 spiro atoms. The highest BCUT2D eigenvalue weighted by atomic mass is 16.4. The summed E-state index contributed by atoms with van der Waals surface area (Å²) in [7, 11) is 0. The van der Waals surface area contributed by atoms with E-state index in [1.54, 1.807) is 0 Å². The molecule has 1 aromatic rings. The van der Waals surface area contributed by atoms with Gasteiger partial charge in [0.2, 0.25) is 0 Å². The van der Waals surface area contributed by atoms with E-state index in [-0.39, 0.29) is 5.92 Å². The number of hydrogen-bond donors (Lipinski definition) is 1. The lowest BCUT2D eigenvalue weighted by Gasteiger charge is -2.35. The van der Waals surface area contributed by atoms with E-state index in [4.69, 9.17) is 0 Å². The van der Waals surface area contributed by atoms with Crippen LogP contribution in [0.5, 0.6) is 0 Å². The Hall–Kier alpha value is -1.55. The van der Waals surface area contributed by atoms with Crippen molar-refractivity contribution in [3.05, 3.63) is 29.8 Å². The van der Waals surface area contributed by atoms with Crippen molar-refractivity contribution < 1.29 is 9.90 Å². The molecule has 2 aliphatic rings. The van der Waals surface area contributed by atoms with Crippen LogP contribution in [-0.4, -0.2) is 48.7 Å². The predicted octanol–water partition coefficient (Wildman–Crippen LogP) is 1.85. The Morgan fingerprint density at radius 3 is 2.70 bits per heavy atom. The first-order valence-corrected chi connectivity index (χ1v) is 7.52. The zero-order valence-electron chi connectivity index (χ0n) is 11.8. The zero-order chi connectivity index (χ0) is 13.9. The van der Waals surface area contributed by atoms with Crippen molar-refractivity contribution in [3.63, 3.8) is 0 Å². The smallest absolute Gasteiger partial charge is 0.308 e. The lowest BCUT2D eigenvalue weighted by atomic mass is 9.92. The first-order chi connectivity index (χ1) is 9.74. The lowest BCUT2D eigenvalue weighted by molar-refractivity contribution is -0.141. The number of carboxylic acid groups (broad SMARTS) is 1. The van der Waals surface area contributed by atoms with E-state index < -0.39 is 5.97 Å². The van der Waals surface area contributed by atoms with Crippen LogP contribution in [0.4, 0.5) is 5.69 Å². The van der Waals surface area contributed by atoms with Gasteiger partial charge in [0.1, 0.15) is 0 Å². The third-order valence-electron chi connectivity index (χ3n) is 4.47. The highest BCUT2D eigenvalue weighted by molar-refractivity contribution is 5.73. The van der Waals surface area contributed by atoms with Gasteiger partial charge in [0.05, 0.1) is 5.92 Å². The average molecular weight is 274 g/mol. The molecule has 4 heteroatoms. The number of fused-ring (bicyclic) bond motifs is 1. The number of benzene rings is 1. The van der Waals surface area contributed by atoms with Gasteiger partial charge in [-0.05, 0) is 44.0 Å². The van der Waals surface area contributed by atoms with E-state index in [1.165, 1.54) is 37.2 Å². The number of nitrogens with zero attached hydrogens (tertiary/aromatic N) is 2. The third kappa shape index (κ3) is 2.80. The molecule has 2 aliphatic heterocycles. The van der Waals surface area contributed by atoms with E-state index in [0.29, 0.717) is 13.0 Å². The van der Waals surface area contributed by atoms with Crippen molar-refractivity contribution in [1.29, 1.82) is 0 Å². The molecule has 108 valence electrons. The fourth-order valence-electron chi connectivity index (χ4n) is 3.33. The third-order valence-corrected chi connectivity index (χ3v) is 4.47. The zero-order valence-corrected chi connectivity index (χ0v) is 11.8. The standard InChI is InChI=1S/C16H22N2O2/c19-16(20)14-11-13-5-1-2-6-15(13)18(12-14)10-9-17-7-3-4-8-17/h1-2,5-6,14H,3-4,7-12H2,(H,19,20). The van der Waals surface area contributed by atoms with Crippen LogP contribution in [0.1, 0.15) is 18.4 Å². The SMILES string of the molecule is O=C(O)C1Cc2ccccc2N(CCN2CCCC2)C1. The van der Waals surface area contributed by atoms with Gasteiger partial charge in [-0.1, -0.05) is 18.2 Å². The van der Waals surface area contributed by atoms with Gasteiger partial charge in [-0.15, -0.1) is 0 Å². The van der Waals surface area contributed by atoms with E-state index in [1.807, 2.05) is 12.1 Å². The van der Waals surface area contributed by atoms with Crippen molar-refractivity contribution in [2.24, 2.45) is 5.92 Å². The Morgan fingerprint density at radius 1 is 1.20 bits per heavy atom. The van der Waals surface area contributed by atoms with E-state index in [2.05, 4.69) is 21.9 Å². The molecular weight excluding hydrogens is 252 g/mol. The molecule has 0 aliphatic carbocycles. The molecule has 3 rings (SSSR count). The molecule has 2 heterocycles. The predicted molar refractivity (Wildman–Crippen MR) is 79.2 cm³/mol. The first kappa shape index (κ1) is 13.4. The summed E-state index contributed by atoms with van der Waals surface area (Å²) in [5.74, 6) is -0.950. The Balaban J connectivity index is 1.72. The molecule has 1 saturated heterocycles. The van der Waals surface area contributed by atoms with Crippen LogP contribution >= 0.6 is 0 Å². The lowest BCUT2D eigenvalue weighted by Crippen LogP contribution is -2.42. The number of hydrogen-bond acceptors (Lipinski definition) is 3. The number of anilines is 1. The fourth-order valence-corrected chi connectivity index (χ4v) is 3.33. The maximum atomic E-state index is 11.3. The molecule has 1 aromatic carbocycles. The maximum Gasteiger partial charge on any atom is 0.308 e. The fraction of sp³-hybridized carbons (Fsp3) is 0.562. The Kier molecular flexibility index (Phi) is 3.92. The summed E-state index contributed by atoms with van der Waals surface area (Å²) in [5, 5.41) is 9.32. The molecular formula is C16H22N2O2. The Bertz CT molecular complexity index is 483. The molecule has 0 bridgehead atoms. The van der Waals surface area contributed by atoms with Crippen molar-refractivity contribution in [2.45, 2.75) is 19.3 Å². The molecule has 0 amide bonds. The highest BCUT2D eigenvalue weighted by Gasteiger charge is 2.28. The largest absolute Gasteiger partial charge is 0.481 e. The summed E-state index contributed by atoms with van der Waals surface area (Å²) in [4.78, 5) is 16.1. The van der Waals surface area contributed by atoms with Crippen molar-refractivity contribution in [1.82, 2.24) is 4.90 Å². The van der Waals surface area contributed by atoms with Crippen LogP contribution in [0.15, 0.2) is 24.3 Å². The molecule has 1 N–H and O–H groups in total. The van der Waals surface area contributed by atoms with Gasteiger partial charge in [-0.3, -0.25) is 4.79 Å². The van der Waals surface area contributed by atoms with Gasteiger partial charge >= 0.3 is 5.97 Å². The maximum absolute atomic E-state index is 11.3. The van der Waals surface area contributed by atoms with E-state index >= 15 is 0 Å². The second-order valence-corrected chi connectivity index (χ2v) is 5.86. The van der Waals surface area contributed by atoms with Crippen molar-refractivity contribution >= 4 is 11.7 Å². The molecule has 0 aromatic heterocycles. The van der Waals surface area contributed by atoms with E-state index in [9.17, 15) is 9.90 Å². The normalized spacial score (nSPS) is 22.8. The van der Waals surface area contributed by atoms with E-state index in [0.717, 1.165) is 13.1 Å². The van der Waals surface area contributed by atoms with Crippen LogP contribution in [-0.2, 0) is 11.2 Å². The minimum atomic E-state index is -0.675. The highest BCUT2D eigenvalue weighted by Crippen LogP contribution is 2.29. The van der Waals surface area contributed by atoms with Crippen LogP contribution in [0.3, 0.4) is 0 Å². The average Bonchev–Trinajstić information content (AvgIpc) is 2.97. The molecule has 1 fully saturated rings. The summed E-state index contributed by atoms with van der Waals surface area (Å²) < 4.78 is 0. The van der Waals surface area contributed by atoms with Crippen molar-refractivity contribution in [3.8, 4) is 0 Å². The van der Waals surface area contributed by atoms with Gasteiger partial charge in [-0.25, -0.2) is 0 Å². The minimum Gasteiger partial charge on any atom is -0.481 e. The topological polar surface area (TPSA) is 43.8 Å². The second-order valence-electron chi connectivity index (χ2n) is 5.86. The molecule has 20 heavy (non-hydrogen) atoms. The van der Waals surface area contributed by atoms with Crippen LogP contribution in [0, 0.1) is 5.92 Å². The quantitative estimate of drug-likeness (QED) is 0.910. The number of aliphatic carboxylic acids is 1. The number of para-hydroxylation sites is 1. The van der Waals surface area contributed by atoms with Gasteiger partial charge in [0, 0.05) is 25.3 Å².